The van der Waals surface area contributed by atoms with Crippen molar-refractivity contribution in [3.05, 3.63) is 18.2 Å². The van der Waals surface area contributed by atoms with E-state index in [1.165, 1.54) is 0 Å². The molecule has 1 fully saturated rings. The third-order valence-electron chi connectivity index (χ3n) is 2.75. The monoisotopic (exact) mass is 227 g/mol. The van der Waals surface area contributed by atoms with Crippen LogP contribution in [0.4, 0.5) is 0 Å². The molecule has 1 amide bonds. The number of imidazole rings is 1. The Balaban J connectivity index is 2.06. The van der Waals surface area contributed by atoms with Crippen molar-refractivity contribution >= 4 is 17.5 Å². The van der Waals surface area contributed by atoms with Gasteiger partial charge in [0.1, 0.15) is 5.69 Å². The largest absolute Gasteiger partial charge is 0.337 e. The Labute approximate surface area is 93.8 Å². The summed E-state index contributed by atoms with van der Waals surface area (Å²) >= 11 is 5.99. The highest BCUT2D eigenvalue weighted by Gasteiger charge is 2.23. The van der Waals surface area contributed by atoms with Gasteiger partial charge in [-0.1, -0.05) is 0 Å². The zero-order valence-electron chi connectivity index (χ0n) is 8.69. The van der Waals surface area contributed by atoms with Gasteiger partial charge < -0.3 is 9.47 Å². The van der Waals surface area contributed by atoms with Gasteiger partial charge in [0.25, 0.3) is 5.91 Å². The molecule has 1 aromatic rings. The third kappa shape index (κ3) is 2.15. The van der Waals surface area contributed by atoms with Crippen LogP contribution in [-0.4, -0.2) is 38.8 Å². The molecular weight excluding hydrogens is 214 g/mol. The minimum absolute atomic E-state index is 0.0542. The number of likely N-dealkylation sites (tertiary alicyclic amines) is 1. The topological polar surface area (TPSA) is 38.1 Å². The Bertz CT molecular complexity index is 355. The maximum absolute atomic E-state index is 12.0. The normalized spacial score (nSPS) is 18.1. The second kappa shape index (κ2) is 4.23. The van der Waals surface area contributed by atoms with Crippen LogP contribution in [0.5, 0.6) is 0 Å². The molecule has 0 radical (unpaired) electrons. The second-order valence-corrected chi connectivity index (χ2v) is 4.47. The van der Waals surface area contributed by atoms with Gasteiger partial charge in [-0.25, -0.2) is 4.98 Å². The summed E-state index contributed by atoms with van der Waals surface area (Å²) in [4.78, 5) is 17.8. The number of hydrogen-bond acceptors (Lipinski definition) is 2. The summed E-state index contributed by atoms with van der Waals surface area (Å²) in [7, 11) is 1.83. The van der Waals surface area contributed by atoms with Crippen LogP contribution in [0.2, 0.25) is 0 Å². The van der Waals surface area contributed by atoms with E-state index in [-0.39, 0.29) is 11.3 Å². The first kappa shape index (κ1) is 10.5. The van der Waals surface area contributed by atoms with Crippen LogP contribution in [0.1, 0.15) is 23.3 Å². The molecule has 0 N–H and O–H groups in total. The molecule has 82 valence electrons. The average molecular weight is 228 g/mol. The van der Waals surface area contributed by atoms with Gasteiger partial charge in [0, 0.05) is 25.5 Å². The van der Waals surface area contributed by atoms with Crippen molar-refractivity contribution in [2.75, 3.05) is 13.1 Å². The van der Waals surface area contributed by atoms with E-state index in [1.54, 1.807) is 17.1 Å². The predicted molar refractivity (Wildman–Crippen MR) is 58.0 cm³/mol. The molecule has 0 unspecified atom stereocenters. The number of alkyl halides is 1. The second-order valence-electron chi connectivity index (χ2n) is 3.86. The van der Waals surface area contributed by atoms with Gasteiger partial charge >= 0.3 is 0 Å². The first-order chi connectivity index (χ1) is 7.18. The summed E-state index contributed by atoms with van der Waals surface area (Å²) in [6.45, 7) is 1.50. The molecule has 2 rings (SSSR count). The van der Waals surface area contributed by atoms with Crippen LogP contribution >= 0.6 is 11.6 Å². The van der Waals surface area contributed by atoms with Crippen molar-refractivity contribution in [2.24, 2.45) is 7.05 Å². The van der Waals surface area contributed by atoms with E-state index < -0.39 is 0 Å². The zero-order chi connectivity index (χ0) is 10.8. The van der Waals surface area contributed by atoms with Crippen LogP contribution in [-0.2, 0) is 7.05 Å². The average Bonchev–Trinajstić information content (AvgIpc) is 2.65. The van der Waals surface area contributed by atoms with Gasteiger partial charge in [-0.2, -0.15) is 0 Å². The fourth-order valence-corrected chi connectivity index (χ4v) is 1.97. The fourth-order valence-electron chi connectivity index (χ4n) is 1.78. The van der Waals surface area contributed by atoms with Gasteiger partial charge in [-0.05, 0) is 12.8 Å². The van der Waals surface area contributed by atoms with Crippen LogP contribution in [0.3, 0.4) is 0 Å². The summed E-state index contributed by atoms with van der Waals surface area (Å²) in [5.74, 6) is 0.0542. The maximum atomic E-state index is 12.0. The lowest BCUT2D eigenvalue weighted by Gasteiger charge is -2.29. The zero-order valence-corrected chi connectivity index (χ0v) is 9.44. The summed E-state index contributed by atoms with van der Waals surface area (Å²) in [6.07, 6.45) is 5.01. The Morgan fingerprint density at radius 3 is 2.73 bits per heavy atom. The molecule has 0 spiro atoms. The molecule has 0 atom stereocenters. The molecule has 2 heterocycles. The number of carbonyl (C=O) groups is 1. The molecule has 0 bridgehead atoms. The Kier molecular flexibility index (Phi) is 2.95. The Morgan fingerprint density at radius 1 is 1.53 bits per heavy atom. The number of piperidine rings is 1. The number of carbonyl (C=O) groups excluding carboxylic acids is 1. The van der Waals surface area contributed by atoms with Gasteiger partial charge in [0.2, 0.25) is 0 Å². The highest BCUT2D eigenvalue weighted by atomic mass is 35.5. The van der Waals surface area contributed by atoms with Crippen molar-refractivity contribution in [3.63, 3.8) is 0 Å². The fraction of sp³-hybridized carbons (Fsp3) is 0.600. The van der Waals surface area contributed by atoms with Crippen molar-refractivity contribution in [2.45, 2.75) is 18.2 Å². The maximum Gasteiger partial charge on any atom is 0.272 e. The van der Waals surface area contributed by atoms with E-state index in [0.29, 0.717) is 5.69 Å². The van der Waals surface area contributed by atoms with Gasteiger partial charge in [0.15, 0.2) is 0 Å². The van der Waals surface area contributed by atoms with Crippen LogP contribution in [0.15, 0.2) is 12.5 Å². The van der Waals surface area contributed by atoms with E-state index in [4.69, 9.17) is 11.6 Å². The minimum Gasteiger partial charge on any atom is -0.337 e. The number of amides is 1. The minimum atomic E-state index is 0.0542. The molecule has 4 nitrogen and oxygen atoms in total. The first-order valence-electron chi connectivity index (χ1n) is 5.08. The smallest absolute Gasteiger partial charge is 0.272 e. The standard InChI is InChI=1S/C10H14ClN3O/c1-13-7-12-6-9(13)10(15)14-4-2-8(11)3-5-14/h6-8H,2-5H2,1H3. The van der Waals surface area contributed by atoms with Gasteiger partial charge in [0.05, 0.1) is 12.5 Å². The van der Waals surface area contributed by atoms with E-state index in [9.17, 15) is 4.79 Å². The quantitative estimate of drug-likeness (QED) is 0.678. The lowest BCUT2D eigenvalue weighted by Crippen LogP contribution is -2.39. The number of hydrogen-bond donors (Lipinski definition) is 0. The molecular formula is C10H14ClN3O. The highest BCUT2D eigenvalue weighted by Crippen LogP contribution is 2.17. The first-order valence-corrected chi connectivity index (χ1v) is 5.52. The van der Waals surface area contributed by atoms with Crippen molar-refractivity contribution in [1.82, 2.24) is 14.5 Å². The van der Waals surface area contributed by atoms with Crippen LogP contribution in [0.25, 0.3) is 0 Å². The molecule has 5 heteroatoms. The summed E-state index contributed by atoms with van der Waals surface area (Å²) in [5, 5.41) is 0.223. The molecule has 0 aromatic carbocycles. The summed E-state index contributed by atoms with van der Waals surface area (Å²) < 4.78 is 1.75. The highest BCUT2D eigenvalue weighted by molar-refractivity contribution is 6.20. The molecule has 0 saturated carbocycles. The molecule has 1 aromatic heterocycles. The SMILES string of the molecule is Cn1cncc1C(=O)N1CCC(Cl)CC1. The molecule has 1 aliphatic rings. The lowest BCUT2D eigenvalue weighted by atomic mass is 10.1. The van der Waals surface area contributed by atoms with Crippen LogP contribution in [0, 0.1) is 0 Å². The Morgan fingerprint density at radius 2 is 2.20 bits per heavy atom. The third-order valence-corrected chi connectivity index (χ3v) is 3.18. The molecule has 0 aliphatic carbocycles. The Hall–Kier alpha value is -1.03. The van der Waals surface area contributed by atoms with Crippen molar-refractivity contribution < 1.29 is 4.79 Å². The number of halogens is 1. The van der Waals surface area contributed by atoms with E-state index in [0.717, 1.165) is 25.9 Å². The van der Waals surface area contributed by atoms with E-state index in [1.807, 2.05) is 11.9 Å². The predicted octanol–water partition coefficient (Wildman–Crippen LogP) is 1.26. The van der Waals surface area contributed by atoms with Crippen molar-refractivity contribution in [1.29, 1.82) is 0 Å². The van der Waals surface area contributed by atoms with E-state index >= 15 is 0 Å². The molecule has 1 saturated heterocycles. The summed E-state index contributed by atoms with van der Waals surface area (Å²) in [6, 6.07) is 0. The summed E-state index contributed by atoms with van der Waals surface area (Å²) in [5.41, 5.74) is 0.642. The number of rotatable bonds is 1. The molecule has 1 aliphatic heterocycles. The van der Waals surface area contributed by atoms with E-state index in [2.05, 4.69) is 4.98 Å². The lowest BCUT2D eigenvalue weighted by molar-refractivity contribution is 0.0717. The number of aryl methyl sites for hydroxylation is 1. The number of aromatic nitrogens is 2. The number of nitrogens with zero attached hydrogens (tertiary/aromatic N) is 3. The van der Waals surface area contributed by atoms with Gasteiger partial charge in [-0.3, -0.25) is 4.79 Å². The van der Waals surface area contributed by atoms with Gasteiger partial charge in [-0.15, -0.1) is 11.6 Å². The van der Waals surface area contributed by atoms with Crippen molar-refractivity contribution in [3.8, 4) is 0 Å². The van der Waals surface area contributed by atoms with Crippen LogP contribution < -0.4 is 0 Å². The molecule has 15 heavy (non-hydrogen) atoms.